The van der Waals surface area contributed by atoms with Crippen LogP contribution in [0.2, 0.25) is 0 Å². The van der Waals surface area contributed by atoms with Crippen LogP contribution in [0.5, 0.6) is 11.5 Å². The number of hydrogen-bond donors (Lipinski definition) is 2. The lowest BCUT2D eigenvalue weighted by molar-refractivity contribution is -0.141. The van der Waals surface area contributed by atoms with Crippen molar-refractivity contribution in [3.05, 3.63) is 95.6 Å². The lowest BCUT2D eigenvalue weighted by Gasteiger charge is -2.32. The zero-order valence-corrected chi connectivity index (χ0v) is 24.4. The Labute approximate surface area is 251 Å². The van der Waals surface area contributed by atoms with Gasteiger partial charge in [0.15, 0.2) is 11.5 Å². The highest BCUT2D eigenvalue weighted by Gasteiger charge is 2.58. The van der Waals surface area contributed by atoms with Gasteiger partial charge in [0.25, 0.3) is 5.91 Å². The summed E-state index contributed by atoms with van der Waals surface area (Å²) < 4.78 is 10.8. The Bertz CT molecular complexity index is 1520. The standard InChI is InChI=1S/C33H35N3O7.H2/c1-21(2)16-26(30(39)34-25(18-29(37)38)23-14-15-27-28(17-23)43-20-42-27)36-31(40)33(3,24-12-8-5-9-13-24)35(32(36)41)19-22-10-6-4-7-11-22;/h4-15,17,21,25-26H,16,18-20H2,1-3H3,(H,34,39)(H,37,38);1H/t25?,26?,33-;/m0./s1. The number of amides is 4. The van der Waals surface area contributed by atoms with Crippen LogP contribution in [-0.2, 0) is 26.5 Å². The van der Waals surface area contributed by atoms with Gasteiger partial charge in [0.05, 0.1) is 12.5 Å². The molecule has 3 aromatic carbocycles. The molecule has 0 bridgehead atoms. The Kier molecular flexibility index (Phi) is 8.38. The number of benzene rings is 3. The van der Waals surface area contributed by atoms with Crippen molar-refractivity contribution in [1.82, 2.24) is 15.1 Å². The minimum atomic E-state index is -1.37. The van der Waals surface area contributed by atoms with Gasteiger partial charge in [0.1, 0.15) is 11.6 Å². The van der Waals surface area contributed by atoms with E-state index in [-0.39, 0.29) is 27.1 Å². The van der Waals surface area contributed by atoms with Crippen molar-refractivity contribution in [2.24, 2.45) is 5.92 Å². The van der Waals surface area contributed by atoms with E-state index in [0.29, 0.717) is 22.6 Å². The normalized spacial score (nSPS) is 19.1. The number of carboxylic acid groups (broad SMARTS) is 1. The first-order valence-corrected chi connectivity index (χ1v) is 14.3. The highest BCUT2D eigenvalue weighted by Crippen LogP contribution is 2.40. The number of hydrogen-bond acceptors (Lipinski definition) is 6. The van der Waals surface area contributed by atoms with Crippen LogP contribution in [0.4, 0.5) is 4.79 Å². The number of nitrogens with one attached hydrogen (secondary N) is 1. The van der Waals surface area contributed by atoms with Crippen LogP contribution in [0.15, 0.2) is 78.9 Å². The van der Waals surface area contributed by atoms with E-state index in [0.717, 1.165) is 10.5 Å². The summed E-state index contributed by atoms with van der Waals surface area (Å²) in [6.45, 7) is 5.70. The number of carbonyl (C=O) groups is 4. The van der Waals surface area contributed by atoms with E-state index >= 15 is 0 Å². The summed E-state index contributed by atoms with van der Waals surface area (Å²) in [6.07, 6.45) is -0.224. The molecular weight excluding hydrogens is 550 g/mol. The molecule has 2 aliphatic heterocycles. The second-order valence-electron chi connectivity index (χ2n) is 11.4. The van der Waals surface area contributed by atoms with Crippen LogP contribution in [0.3, 0.4) is 0 Å². The van der Waals surface area contributed by atoms with Crippen molar-refractivity contribution >= 4 is 23.8 Å². The first-order valence-electron chi connectivity index (χ1n) is 14.3. The van der Waals surface area contributed by atoms with Crippen LogP contribution in [0.1, 0.15) is 57.8 Å². The average Bonchev–Trinajstić information content (AvgIpc) is 3.53. The van der Waals surface area contributed by atoms with E-state index in [1.54, 1.807) is 37.3 Å². The number of rotatable bonds is 11. The summed E-state index contributed by atoms with van der Waals surface area (Å²) >= 11 is 0. The lowest BCUT2D eigenvalue weighted by atomic mass is 9.89. The van der Waals surface area contributed by atoms with Crippen molar-refractivity contribution in [3.8, 4) is 11.5 Å². The van der Waals surface area contributed by atoms with Crippen LogP contribution in [0, 0.1) is 5.92 Å². The number of urea groups is 1. The number of carbonyl (C=O) groups excluding carboxylic acids is 3. The molecule has 4 amide bonds. The van der Waals surface area contributed by atoms with Gasteiger partial charge >= 0.3 is 12.0 Å². The molecule has 226 valence electrons. The molecule has 0 aromatic heterocycles. The Morgan fingerprint density at radius 3 is 2.28 bits per heavy atom. The molecule has 10 nitrogen and oxygen atoms in total. The van der Waals surface area contributed by atoms with Gasteiger partial charge in [-0.1, -0.05) is 80.6 Å². The fraction of sp³-hybridized carbons (Fsp3) is 0.333. The van der Waals surface area contributed by atoms with Gasteiger partial charge in [-0.25, -0.2) is 9.69 Å². The highest BCUT2D eigenvalue weighted by molar-refractivity contribution is 6.10. The summed E-state index contributed by atoms with van der Waals surface area (Å²) in [6, 6.07) is 20.7. The summed E-state index contributed by atoms with van der Waals surface area (Å²) in [7, 11) is 0. The summed E-state index contributed by atoms with van der Waals surface area (Å²) in [5.74, 6) is -1.35. The van der Waals surface area contributed by atoms with Crippen molar-refractivity contribution in [2.75, 3.05) is 6.79 Å². The van der Waals surface area contributed by atoms with Gasteiger partial charge in [0.2, 0.25) is 12.7 Å². The van der Waals surface area contributed by atoms with Gasteiger partial charge in [-0.05, 0) is 48.1 Å². The number of imide groups is 1. The molecule has 0 saturated carbocycles. The predicted octanol–water partition coefficient (Wildman–Crippen LogP) is 5.09. The van der Waals surface area contributed by atoms with Gasteiger partial charge in [-0.15, -0.1) is 0 Å². The first kappa shape index (κ1) is 29.6. The average molecular weight is 588 g/mol. The van der Waals surface area contributed by atoms with Crippen LogP contribution < -0.4 is 14.8 Å². The van der Waals surface area contributed by atoms with E-state index in [1.807, 2.05) is 62.4 Å². The molecule has 0 aliphatic carbocycles. The summed E-state index contributed by atoms with van der Waals surface area (Å²) in [5, 5.41) is 12.5. The number of ether oxygens (including phenoxy) is 2. The molecular formula is C33H37N3O7. The highest BCUT2D eigenvalue weighted by atomic mass is 16.7. The Morgan fingerprint density at radius 1 is 0.977 bits per heavy atom. The van der Waals surface area contributed by atoms with Gasteiger partial charge in [-0.2, -0.15) is 0 Å². The predicted molar refractivity (Wildman–Crippen MR) is 159 cm³/mol. The molecule has 0 spiro atoms. The van der Waals surface area contributed by atoms with E-state index in [4.69, 9.17) is 9.47 Å². The SMILES string of the molecule is CC(C)CC(C(=O)NC(CC(=O)O)c1ccc2c(c1)OCO2)N1C(=O)N(Cc2ccccc2)[C@@](C)(c2ccccc2)C1=O.[HH]. The molecule has 0 radical (unpaired) electrons. The fourth-order valence-electron chi connectivity index (χ4n) is 5.67. The molecule has 5 rings (SSSR count). The molecule has 3 aromatic rings. The van der Waals surface area contributed by atoms with Crippen molar-refractivity contribution < 1.29 is 35.2 Å². The molecule has 2 unspecified atom stereocenters. The molecule has 2 N–H and O–H groups in total. The summed E-state index contributed by atoms with van der Waals surface area (Å²) in [5.41, 5.74) is 0.588. The van der Waals surface area contributed by atoms with Gasteiger partial charge in [-0.3, -0.25) is 14.4 Å². The monoisotopic (exact) mass is 587 g/mol. The van der Waals surface area contributed by atoms with Crippen LogP contribution in [-0.4, -0.2) is 51.6 Å². The third-order valence-electron chi connectivity index (χ3n) is 7.93. The molecule has 3 atom stereocenters. The zero-order valence-electron chi connectivity index (χ0n) is 24.4. The Hall–Kier alpha value is -4.86. The summed E-state index contributed by atoms with van der Waals surface area (Å²) in [4.78, 5) is 57.1. The maximum absolute atomic E-state index is 14.4. The second kappa shape index (κ2) is 12.2. The van der Waals surface area contributed by atoms with Crippen molar-refractivity contribution in [2.45, 2.75) is 57.8 Å². The molecule has 1 saturated heterocycles. The minimum absolute atomic E-state index is 0. The van der Waals surface area contributed by atoms with E-state index in [9.17, 15) is 24.3 Å². The second-order valence-corrected chi connectivity index (χ2v) is 11.4. The molecule has 10 heteroatoms. The number of aliphatic carboxylic acids is 1. The first-order chi connectivity index (χ1) is 20.6. The number of nitrogens with zero attached hydrogens (tertiary/aromatic N) is 2. The van der Waals surface area contributed by atoms with E-state index < -0.39 is 47.9 Å². The smallest absolute Gasteiger partial charge is 0.329 e. The maximum atomic E-state index is 14.4. The van der Waals surface area contributed by atoms with Crippen LogP contribution >= 0.6 is 0 Å². The Balaban J connectivity index is 0.00000442. The quantitative estimate of drug-likeness (QED) is 0.300. The zero-order chi connectivity index (χ0) is 30.7. The van der Waals surface area contributed by atoms with Crippen molar-refractivity contribution in [1.29, 1.82) is 0 Å². The lowest BCUT2D eigenvalue weighted by Crippen LogP contribution is -2.52. The Morgan fingerprint density at radius 2 is 1.63 bits per heavy atom. The molecule has 2 aliphatic rings. The maximum Gasteiger partial charge on any atom is 0.329 e. The number of carboxylic acids is 1. The molecule has 2 heterocycles. The third kappa shape index (κ3) is 5.90. The van der Waals surface area contributed by atoms with Crippen molar-refractivity contribution in [3.63, 3.8) is 0 Å². The molecule has 1 fully saturated rings. The van der Waals surface area contributed by atoms with E-state index in [1.165, 1.54) is 4.90 Å². The number of fused-ring (bicyclic) bond motifs is 1. The largest absolute Gasteiger partial charge is 0.481 e. The van der Waals surface area contributed by atoms with Gasteiger partial charge < -0.3 is 24.8 Å². The van der Waals surface area contributed by atoms with Gasteiger partial charge in [0, 0.05) is 7.97 Å². The minimum Gasteiger partial charge on any atom is -0.481 e. The third-order valence-corrected chi connectivity index (χ3v) is 7.93. The fourth-order valence-corrected chi connectivity index (χ4v) is 5.67. The van der Waals surface area contributed by atoms with Crippen LogP contribution in [0.25, 0.3) is 0 Å². The molecule has 43 heavy (non-hydrogen) atoms. The topological polar surface area (TPSA) is 125 Å². The van der Waals surface area contributed by atoms with E-state index in [2.05, 4.69) is 5.32 Å².